The zero-order valence-electron chi connectivity index (χ0n) is 18.6. The van der Waals surface area contributed by atoms with E-state index in [4.69, 9.17) is 0 Å². The van der Waals surface area contributed by atoms with Gasteiger partial charge in [-0.3, -0.25) is 4.90 Å². The van der Waals surface area contributed by atoms with Crippen LogP contribution in [0.3, 0.4) is 0 Å². The molecule has 3 aromatic carbocycles. The van der Waals surface area contributed by atoms with Gasteiger partial charge in [0.1, 0.15) is 6.04 Å². The molecular weight excluding hydrogens is 392 g/mol. The van der Waals surface area contributed by atoms with Gasteiger partial charge in [-0.15, -0.1) is 0 Å². The second-order valence-electron chi connectivity index (χ2n) is 8.84. The average Bonchev–Trinajstić information content (AvgIpc) is 2.87. The number of rotatable bonds is 8. The van der Waals surface area contributed by atoms with Gasteiger partial charge in [-0.25, -0.2) is 0 Å². The molecule has 0 radical (unpaired) electrons. The van der Waals surface area contributed by atoms with Gasteiger partial charge in [0.2, 0.25) is 0 Å². The van der Waals surface area contributed by atoms with E-state index in [-0.39, 0.29) is 12.0 Å². The number of nitrogens with zero attached hydrogens (tertiary/aromatic N) is 2. The predicted octanol–water partition coefficient (Wildman–Crippen LogP) is 6.11. The van der Waals surface area contributed by atoms with Crippen molar-refractivity contribution in [2.24, 2.45) is 5.92 Å². The van der Waals surface area contributed by atoms with Gasteiger partial charge in [0.25, 0.3) is 0 Å². The molecule has 3 heteroatoms. The second kappa shape index (κ2) is 11.1. The molecule has 0 amide bonds. The Bertz CT molecular complexity index is 938. The summed E-state index contributed by atoms with van der Waals surface area (Å²) in [5, 5.41) is 21.8. The Balaban J connectivity index is 1.77. The maximum Gasteiger partial charge on any atom is 0.125 e. The maximum atomic E-state index is 11.5. The molecule has 0 saturated heterocycles. The van der Waals surface area contributed by atoms with Crippen molar-refractivity contribution in [1.82, 2.24) is 4.90 Å². The standard InChI is InChI=1S/C29H32N2O/c30-21-27(29(32)26-19-11-4-12-20-26)31(22-23-13-5-1-6-14-23)28(24-15-7-2-8-16-24)25-17-9-3-10-18-25/h1-3,5-10,13-18,26-29,32H,4,11-12,19-20,22H2/t27-,29-/m1/s1. The van der Waals surface area contributed by atoms with E-state index in [1.165, 1.54) is 6.42 Å². The molecular formula is C29H32N2O. The lowest BCUT2D eigenvalue weighted by Crippen LogP contribution is -2.48. The number of hydrogen-bond acceptors (Lipinski definition) is 3. The maximum absolute atomic E-state index is 11.5. The highest BCUT2D eigenvalue weighted by molar-refractivity contribution is 5.33. The molecule has 0 bridgehead atoms. The van der Waals surface area contributed by atoms with Crippen molar-refractivity contribution < 1.29 is 5.11 Å². The van der Waals surface area contributed by atoms with Gasteiger partial charge in [-0.1, -0.05) is 110 Å². The van der Waals surface area contributed by atoms with Crippen LogP contribution in [0.25, 0.3) is 0 Å². The number of nitriles is 1. The molecule has 3 nitrogen and oxygen atoms in total. The Hall–Kier alpha value is -2.93. The Kier molecular flexibility index (Phi) is 7.72. The van der Waals surface area contributed by atoms with Crippen molar-refractivity contribution in [3.63, 3.8) is 0 Å². The zero-order chi connectivity index (χ0) is 22.2. The molecule has 32 heavy (non-hydrogen) atoms. The van der Waals surface area contributed by atoms with Crippen LogP contribution in [-0.4, -0.2) is 22.2 Å². The smallest absolute Gasteiger partial charge is 0.125 e. The molecule has 0 aromatic heterocycles. The third-order valence-corrected chi connectivity index (χ3v) is 6.72. The molecule has 3 aromatic rings. The summed E-state index contributed by atoms with van der Waals surface area (Å²) in [6, 6.07) is 32.8. The Morgan fingerprint density at radius 2 is 1.28 bits per heavy atom. The van der Waals surface area contributed by atoms with Crippen LogP contribution in [0.2, 0.25) is 0 Å². The van der Waals surface area contributed by atoms with Crippen LogP contribution < -0.4 is 0 Å². The van der Waals surface area contributed by atoms with Crippen LogP contribution >= 0.6 is 0 Å². The minimum atomic E-state index is -0.668. The summed E-state index contributed by atoms with van der Waals surface area (Å²) in [6.07, 6.45) is 4.84. The molecule has 1 N–H and O–H groups in total. The molecule has 0 unspecified atom stereocenters. The van der Waals surface area contributed by atoms with E-state index < -0.39 is 12.1 Å². The van der Waals surface area contributed by atoms with E-state index in [2.05, 4.69) is 47.4 Å². The second-order valence-corrected chi connectivity index (χ2v) is 8.84. The van der Waals surface area contributed by atoms with Crippen LogP contribution in [0.4, 0.5) is 0 Å². The van der Waals surface area contributed by atoms with Gasteiger partial charge < -0.3 is 5.11 Å². The highest BCUT2D eigenvalue weighted by Gasteiger charge is 2.37. The third-order valence-electron chi connectivity index (χ3n) is 6.72. The third kappa shape index (κ3) is 5.27. The first kappa shape index (κ1) is 22.3. The first-order chi connectivity index (χ1) is 15.8. The number of aliphatic hydroxyl groups excluding tert-OH is 1. The summed E-state index contributed by atoms with van der Waals surface area (Å²) in [5.41, 5.74) is 3.40. The lowest BCUT2D eigenvalue weighted by atomic mass is 9.81. The van der Waals surface area contributed by atoms with Crippen LogP contribution in [0.5, 0.6) is 0 Å². The SMILES string of the molecule is N#C[C@H]([C@H](O)C1CCCCC1)N(Cc1ccccc1)C(c1ccccc1)c1ccccc1. The van der Waals surface area contributed by atoms with Crippen molar-refractivity contribution in [1.29, 1.82) is 5.26 Å². The molecule has 4 rings (SSSR count). The number of benzene rings is 3. The fourth-order valence-electron chi connectivity index (χ4n) is 5.07. The summed E-state index contributed by atoms with van der Waals surface area (Å²) in [7, 11) is 0. The van der Waals surface area contributed by atoms with E-state index in [1.54, 1.807) is 0 Å². The van der Waals surface area contributed by atoms with Crippen LogP contribution in [0.15, 0.2) is 91.0 Å². The van der Waals surface area contributed by atoms with E-state index in [0.717, 1.165) is 42.4 Å². The topological polar surface area (TPSA) is 47.3 Å². The van der Waals surface area contributed by atoms with Gasteiger partial charge in [0.15, 0.2) is 0 Å². The molecule has 164 valence electrons. The monoisotopic (exact) mass is 424 g/mol. The summed E-state index contributed by atoms with van der Waals surface area (Å²) in [6.45, 7) is 0.595. The molecule has 1 saturated carbocycles. The Labute approximate surface area is 192 Å². The molecule has 0 aliphatic heterocycles. The van der Waals surface area contributed by atoms with E-state index >= 15 is 0 Å². The normalized spacial score (nSPS) is 16.6. The minimum absolute atomic E-state index is 0.125. The van der Waals surface area contributed by atoms with Crippen LogP contribution in [0.1, 0.15) is 54.8 Å². The summed E-state index contributed by atoms with van der Waals surface area (Å²) in [4.78, 5) is 2.21. The fourth-order valence-corrected chi connectivity index (χ4v) is 5.07. The lowest BCUT2D eigenvalue weighted by molar-refractivity contribution is 0.00603. The van der Waals surface area contributed by atoms with Crippen molar-refractivity contribution in [2.45, 2.75) is 56.8 Å². The average molecular weight is 425 g/mol. The van der Waals surface area contributed by atoms with E-state index in [9.17, 15) is 10.4 Å². The van der Waals surface area contributed by atoms with E-state index in [1.807, 2.05) is 54.6 Å². The van der Waals surface area contributed by atoms with Crippen molar-refractivity contribution in [3.8, 4) is 6.07 Å². The summed E-state index contributed by atoms with van der Waals surface area (Å²) >= 11 is 0. The summed E-state index contributed by atoms with van der Waals surface area (Å²) < 4.78 is 0. The van der Waals surface area contributed by atoms with Crippen LogP contribution in [-0.2, 0) is 6.54 Å². The molecule has 2 atom stereocenters. The number of aliphatic hydroxyl groups is 1. The molecule has 0 spiro atoms. The Morgan fingerprint density at radius 3 is 1.78 bits per heavy atom. The molecule has 1 aliphatic carbocycles. The van der Waals surface area contributed by atoms with Crippen molar-refractivity contribution >= 4 is 0 Å². The zero-order valence-corrected chi connectivity index (χ0v) is 18.6. The first-order valence-corrected chi connectivity index (χ1v) is 11.7. The lowest BCUT2D eigenvalue weighted by Gasteiger charge is -2.40. The molecule has 0 heterocycles. The van der Waals surface area contributed by atoms with Gasteiger partial charge in [0, 0.05) is 6.54 Å². The minimum Gasteiger partial charge on any atom is -0.390 e. The van der Waals surface area contributed by atoms with E-state index in [0.29, 0.717) is 6.54 Å². The number of hydrogen-bond donors (Lipinski definition) is 1. The first-order valence-electron chi connectivity index (χ1n) is 11.7. The largest absolute Gasteiger partial charge is 0.390 e. The van der Waals surface area contributed by atoms with Gasteiger partial charge in [-0.2, -0.15) is 5.26 Å². The van der Waals surface area contributed by atoms with Crippen LogP contribution in [0, 0.1) is 17.2 Å². The quantitative estimate of drug-likeness (QED) is 0.474. The molecule has 1 aliphatic rings. The van der Waals surface area contributed by atoms with Gasteiger partial charge in [0.05, 0.1) is 18.2 Å². The van der Waals surface area contributed by atoms with Crippen molar-refractivity contribution in [2.75, 3.05) is 0 Å². The predicted molar refractivity (Wildman–Crippen MR) is 129 cm³/mol. The van der Waals surface area contributed by atoms with Gasteiger partial charge >= 0.3 is 0 Å². The van der Waals surface area contributed by atoms with Gasteiger partial charge in [-0.05, 0) is 35.4 Å². The Morgan fingerprint density at radius 1 is 0.781 bits per heavy atom. The highest BCUT2D eigenvalue weighted by atomic mass is 16.3. The summed E-state index contributed by atoms with van der Waals surface area (Å²) in [5.74, 6) is 0.180. The fraction of sp³-hybridized carbons (Fsp3) is 0.345. The highest BCUT2D eigenvalue weighted by Crippen LogP contribution is 2.36. The van der Waals surface area contributed by atoms with Crippen molar-refractivity contribution in [3.05, 3.63) is 108 Å². The molecule has 1 fully saturated rings.